The minimum atomic E-state index is -0.697. The monoisotopic (exact) mass is 349 g/mol. The first-order chi connectivity index (χ1) is 12.8. The zero-order valence-electron chi connectivity index (χ0n) is 14.1. The number of hydrogen-bond donors (Lipinski definition) is 2. The van der Waals surface area contributed by atoms with Gasteiger partial charge in [-0.15, -0.1) is 0 Å². The molecule has 26 heavy (non-hydrogen) atoms. The first-order valence-corrected chi connectivity index (χ1v) is 8.54. The molecule has 1 fully saturated rings. The summed E-state index contributed by atoms with van der Waals surface area (Å²) < 4.78 is 5.83. The lowest BCUT2D eigenvalue weighted by molar-refractivity contribution is -0.0224. The third-order valence-corrected chi connectivity index (χ3v) is 4.51. The summed E-state index contributed by atoms with van der Waals surface area (Å²) in [5.41, 5.74) is 3.79. The largest absolute Gasteiger partial charge is 0.394 e. The molecule has 6 nitrogen and oxygen atoms in total. The first-order valence-electron chi connectivity index (χ1n) is 8.54. The maximum Gasteiger partial charge on any atom is 0.107 e. The van der Waals surface area contributed by atoms with E-state index < -0.39 is 12.2 Å². The van der Waals surface area contributed by atoms with E-state index in [9.17, 15) is 10.2 Å². The van der Waals surface area contributed by atoms with Crippen LogP contribution in [-0.4, -0.2) is 44.0 Å². The molecule has 0 unspecified atom stereocenters. The standard InChI is InChI=1S/C20H19N3O3/c24-12-19-17(25)11-18(26-19)13-7-8-15(14-5-1-3-9-21-14)23-20(13)16-6-2-4-10-22-16/h1-10,17-19,24-25H,11-12H2/t17-,18+,19+/m0/s1. The number of hydrogen-bond acceptors (Lipinski definition) is 6. The molecule has 1 saturated heterocycles. The van der Waals surface area contributed by atoms with E-state index in [1.54, 1.807) is 12.4 Å². The molecule has 6 heteroatoms. The van der Waals surface area contributed by atoms with Gasteiger partial charge in [-0.1, -0.05) is 18.2 Å². The molecule has 0 amide bonds. The summed E-state index contributed by atoms with van der Waals surface area (Å²) in [6.07, 6.45) is 2.24. The normalized spacial score (nSPS) is 22.5. The summed E-state index contributed by atoms with van der Waals surface area (Å²) in [6, 6.07) is 15.2. The third kappa shape index (κ3) is 3.22. The van der Waals surface area contributed by atoms with E-state index in [0.29, 0.717) is 12.1 Å². The summed E-state index contributed by atoms with van der Waals surface area (Å²) in [5.74, 6) is 0. The molecule has 4 rings (SSSR count). The molecule has 0 saturated carbocycles. The van der Waals surface area contributed by atoms with Gasteiger partial charge in [0.2, 0.25) is 0 Å². The number of aliphatic hydroxyl groups excluding tert-OH is 2. The van der Waals surface area contributed by atoms with E-state index in [-0.39, 0.29) is 12.7 Å². The van der Waals surface area contributed by atoms with Crippen molar-refractivity contribution in [3.8, 4) is 22.8 Å². The molecule has 4 heterocycles. The van der Waals surface area contributed by atoms with Crippen LogP contribution in [0.5, 0.6) is 0 Å². The minimum absolute atomic E-state index is 0.212. The van der Waals surface area contributed by atoms with Crippen LogP contribution >= 0.6 is 0 Å². The van der Waals surface area contributed by atoms with E-state index in [2.05, 4.69) is 9.97 Å². The highest BCUT2D eigenvalue weighted by atomic mass is 16.5. The Kier molecular flexibility index (Phi) is 4.71. The predicted octanol–water partition coefficient (Wildman–Crippen LogP) is 2.39. The maximum absolute atomic E-state index is 10.1. The van der Waals surface area contributed by atoms with Gasteiger partial charge in [0.25, 0.3) is 0 Å². The lowest BCUT2D eigenvalue weighted by Gasteiger charge is -2.16. The summed E-state index contributed by atoms with van der Waals surface area (Å²) >= 11 is 0. The van der Waals surface area contributed by atoms with E-state index in [1.165, 1.54) is 0 Å². The van der Waals surface area contributed by atoms with Gasteiger partial charge in [0.1, 0.15) is 6.10 Å². The fraction of sp³-hybridized carbons (Fsp3) is 0.250. The topological polar surface area (TPSA) is 88.4 Å². The lowest BCUT2D eigenvalue weighted by atomic mass is 10.00. The Morgan fingerprint density at radius 2 is 1.65 bits per heavy atom. The zero-order valence-corrected chi connectivity index (χ0v) is 14.1. The Bertz CT molecular complexity index is 874. The molecule has 3 aromatic heterocycles. The second-order valence-corrected chi connectivity index (χ2v) is 6.21. The quantitative estimate of drug-likeness (QED) is 0.752. The van der Waals surface area contributed by atoms with Crippen LogP contribution in [0, 0.1) is 0 Å². The van der Waals surface area contributed by atoms with E-state index >= 15 is 0 Å². The minimum Gasteiger partial charge on any atom is -0.394 e. The number of nitrogens with zero attached hydrogens (tertiary/aromatic N) is 3. The average Bonchev–Trinajstić information content (AvgIpc) is 3.09. The van der Waals surface area contributed by atoms with Crippen LogP contribution < -0.4 is 0 Å². The van der Waals surface area contributed by atoms with Crippen molar-refractivity contribution >= 4 is 0 Å². The second-order valence-electron chi connectivity index (χ2n) is 6.21. The van der Waals surface area contributed by atoms with Gasteiger partial charge in [0.15, 0.2) is 0 Å². The zero-order chi connectivity index (χ0) is 17.9. The molecule has 0 bridgehead atoms. The molecule has 3 aromatic rings. The van der Waals surface area contributed by atoms with Gasteiger partial charge in [0, 0.05) is 24.4 Å². The molecular weight excluding hydrogens is 330 g/mol. The molecule has 132 valence electrons. The first kappa shape index (κ1) is 16.8. The highest BCUT2D eigenvalue weighted by Crippen LogP contribution is 2.37. The van der Waals surface area contributed by atoms with Crippen molar-refractivity contribution in [3.63, 3.8) is 0 Å². The van der Waals surface area contributed by atoms with Gasteiger partial charge < -0.3 is 14.9 Å². The van der Waals surface area contributed by atoms with Gasteiger partial charge >= 0.3 is 0 Å². The van der Waals surface area contributed by atoms with Crippen molar-refractivity contribution < 1.29 is 14.9 Å². The van der Waals surface area contributed by atoms with Crippen molar-refractivity contribution in [3.05, 3.63) is 66.5 Å². The van der Waals surface area contributed by atoms with Crippen LogP contribution in [0.2, 0.25) is 0 Å². The van der Waals surface area contributed by atoms with Crippen LogP contribution in [0.3, 0.4) is 0 Å². The summed E-state index contributed by atoms with van der Waals surface area (Å²) in [5, 5.41) is 19.4. The van der Waals surface area contributed by atoms with E-state index in [1.807, 2.05) is 48.5 Å². The molecule has 1 aliphatic heterocycles. The number of aromatic nitrogens is 3. The molecule has 2 N–H and O–H groups in total. The van der Waals surface area contributed by atoms with E-state index in [0.717, 1.165) is 22.6 Å². The maximum atomic E-state index is 10.1. The molecule has 0 aromatic carbocycles. The number of aliphatic hydroxyl groups is 2. The van der Waals surface area contributed by atoms with Crippen LogP contribution in [-0.2, 0) is 4.74 Å². The Balaban J connectivity index is 1.79. The lowest BCUT2D eigenvalue weighted by Crippen LogP contribution is -2.24. The SMILES string of the molecule is OC[C@H]1O[C@@H](c2ccc(-c3ccccn3)nc2-c2ccccn2)C[C@@H]1O. The average molecular weight is 349 g/mol. The summed E-state index contributed by atoms with van der Waals surface area (Å²) in [6.45, 7) is -0.212. The van der Waals surface area contributed by atoms with Gasteiger partial charge in [-0.3, -0.25) is 9.97 Å². The Labute approximate surface area is 151 Å². The van der Waals surface area contributed by atoms with E-state index in [4.69, 9.17) is 9.72 Å². The van der Waals surface area contributed by atoms with Crippen molar-refractivity contribution in [2.75, 3.05) is 6.61 Å². The van der Waals surface area contributed by atoms with Gasteiger partial charge in [-0.25, -0.2) is 4.98 Å². The molecule has 3 atom stereocenters. The van der Waals surface area contributed by atoms with Crippen LogP contribution in [0.1, 0.15) is 18.1 Å². The molecule has 0 radical (unpaired) electrons. The van der Waals surface area contributed by atoms with Crippen molar-refractivity contribution in [2.45, 2.75) is 24.7 Å². The number of ether oxygens (including phenoxy) is 1. The molecule has 0 spiro atoms. The van der Waals surface area contributed by atoms with Crippen LogP contribution in [0.15, 0.2) is 60.9 Å². The van der Waals surface area contributed by atoms with Crippen molar-refractivity contribution in [1.82, 2.24) is 15.0 Å². The highest BCUT2D eigenvalue weighted by molar-refractivity contribution is 5.65. The number of rotatable bonds is 4. The van der Waals surface area contributed by atoms with Gasteiger partial charge in [0.05, 0.1) is 41.6 Å². The molecule has 0 aliphatic carbocycles. The van der Waals surface area contributed by atoms with Gasteiger partial charge in [-0.05, 0) is 30.3 Å². The Morgan fingerprint density at radius 3 is 2.27 bits per heavy atom. The number of pyridine rings is 3. The van der Waals surface area contributed by atoms with Crippen LogP contribution in [0.25, 0.3) is 22.8 Å². The highest BCUT2D eigenvalue weighted by Gasteiger charge is 2.36. The van der Waals surface area contributed by atoms with Crippen molar-refractivity contribution in [2.24, 2.45) is 0 Å². The Hall–Kier alpha value is -2.67. The molecule has 1 aliphatic rings. The summed E-state index contributed by atoms with van der Waals surface area (Å²) in [4.78, 5) is 13.6. The Morgan fingerprint density at radius 1 is 0.923 bits per heavy atom. The summed E-state index contributed by atoms with van der Waals surface area (Å²) in [7, 11) is 0. The predicted molar refractivity (Wildman–Crippen MR) is 96.0 cm³/mol. The molecular formula is C20H19N3O3. The smallest absolute Gasteiger partial charge is 0.107 e. The fourth-order valence-corrected chi connectivity index (χ4v) is 3.19. The fourth-order valence-electron chi connectivity index (χ4n) is 3.19. The second kappa shape index (κ2) is 7.29. The third-order valence-electron chi connectivity index (χ3n) is 4.51. The van der Waals surface area contributed by atoms with Gasteiger partial charge in [-0.2, -0.15) is 0 Å². The van der Waals surface area contributed by atoms with Crippen LogP contribution in [0.4, 0.5) is 0 Å². The van der Waals surface area contributed by atoms with Crippen molar-refractivity contribution in [1.29, 1.82) is 0 Å².